The number of nitrogens with zero attached hydrogens (tertiary/aromatic N) is 1. The highest BCUT2D eigenvalue weighted by molar-refractivity contribution is 5.81. The zero-order valence-corrected chi connectivity index (χ0v) is 12.4. The molecule has 1 aliphatic heterocycles. The van der Waals surface area contributed by atoms with E-state index in [1.807, 2.05) is 31.0 Å². The lowest BCUT2D eigenvalue weighted by Crippen LogP contribution is -2.55. The number of rotatable bonds is 3. The second-order valence-electron chi connectivity index (χ2n) is 6.23. The summed E-state index contributed by atoms with van der Waals surface area (Å²) in [5.74, 6) is -0.600. The van der Waals surface area contributed by atoms with Crippen molar-refractivity contribution < 1.29 is 22.7 Å². The summed E-state index contributed by atoms with van der Waals surface area (Å²) >= 11 is 0. The minimum absolute atomic E-state index is 0.0332. The van der Waals surface area contributed by atoms with Crippen molar-refractivity contribution >= 4 is 5.91 Å². The summed E-state index contributed by atoms with van der Waals surface area (Å²) in [7, 11) is 0. The number of nitrogens with one attached hydrogen (secondary N) is 1. The van der Waals surface area contributed by atoms with E-state index in [1.54, 1.807) is 6.92 Å². The summed E-state index contributed by atoms with van der Waals surface area (Å²) in [5, 5.41) is 1.93. The van der Waals surface area contributed by atoms with Crippen LogP contribution in [0.5, 0.6) is 0 Å². The monoisotopic (exact) mass is 296 g/mol. The number of ether oxygens (including phenoxy) is 1. The molecule has 1 amide bonds. The van der Waals surface area contributed by atoms with Crippen LogP contribution in [0.3, 0.4) is 0 Å². The average molecular weight is 296 g/mol. The van der Waals surface area contributed by atoms with Gasteiger partial charge in [-0.15, -0.1) is 0 Å². The Bertz CT molecular complexity index is 339. The van der Waals surface area contributed by atoms with E-state index < -0.39 is 24.7 Å². The molecule has 1 saturated heterocycles. The Labute approximate surface area is 117 Å². The molecule has 0 unspecified atom stereocenters. The van der Waals surface area contributed by atoms with Crippen molar-refractivity contribution in [2.24, 2.45) is 5.41 Å². The molecular weight excluding hydrogens is 273 g/mol. The van der Waals surface area contributed by atoms with Gasteiger partial charge < -0.3 is 10.1 Å². The van der Waals surface area contributed by atoms with Gasteiger partial charge in [-0.2, -0.15) is 13.2 Å². The minimum Gasteiger partial charge on any atom is -0.375 e. The third-order valence-corrected chi connectivity index (χ3v) is 3.45. The lowest BCUT2D eigenvalue weighted by Gasteiger charge is -2.41. The quantitative estimate of drug-likeness (QED) is 0.863. The van der Waals surface area contributed by atoms with Crippen LogP contribution in [0, 0.1) is 5.41 Å². The van der Waals surface area contributed by atoms with E-state index >= 15 is 0 Å². The van der Waals surface area contributed by atoms with Crippen LogP contribution >= 0.6 is 0 Å². The second-order valence-corrected chi connectivity index (χ2v) is 6.23. The van der Waals surface area contributed by atoms with Gasteiger partial charge in [0.05, 0.1) is 18.8 Å². The van der Waals surface area contributed by atoms with E-state index in [-0.39, 0.29) is 11.5 Å². The Morgan fingerprint density at radius 1 is 1.40 bits per heavy atom. The molecule has 0 spiro atoms. The van der Waals surface area contributed by atoms with Crippen LogP contribution in [-0.2, 0) is 9.53 Å². The number of amides is 1. The Morgan fingerprint density at radius 2 is 2.00 bits per heavy atom. The first-order valence-corrected chi connectivity index (χ1v) is 6.71. The van der Waals surface area contributed by atoms with Crippen molar-refractivity contribution in [2.75, 3.05) is 26.2 Å². The summed E-state index contributed by atoms with van der Waals surface area (Å²) in [4.78, 5) is 13.6. The molecule has 0 aliphatic carbocycles. The zero-order chi connectivity index (χ0) is 15.6. The molecule has 0 aromatic heterocycles. The van der Waals surface area contributed by atoms with Gasteiger partial charge in [-0.1, -0.05) is 20.8 Å². The molecule has 1 N–H and O–H groups in total. The average Bonchev–Trinajstić information content (AvgIpc) is 2.33. The van der Waals surface area contributed by atoms with Gasteiger partial charge in [0.2, 0.25) is 5.91 Å². The SMILES string of the molecule is C[C@@H](C(=O)NCC(F)(F)F)N1CCO[C@@H](C(C)(C)C)C1. The molecule has 1 aliphatic rings. The minimum atomic E-state index is -4.38. The molecule has 0 saturated carbocycles. The normalized spacial score (nSPS) is 23.4. The first-order valence-electron chi connectivity index (χ1n) is 6.71. The molecule has 2 atom stereocenters. The third kappa shape index (κ3) is 5.28. The van der Waals surface area contributed by atoms with E-state index in [0.29, 0.717) is 19.7 Å². The molecule has 1 heterocycles. The topological polar surface area (TPSA) is 41.6 Å². The molecule has 1 rings (SSSR count). The van der Waals surface area contributed by atoms with E-state index in [4.69, 9.17) is 4.74 Å². The number of carbonyl (C=O) groups is 1. The van der Waals surface area contributed by atoms with Gasteiger partial charge in [0.25, 0.3) is 0 Å². The van der Waals surface area contributed by atoms with Gasteiger partial charge in [-0.05, 0) is 12.3 Å². The first kappa shape index (κ1) is 17.2. The molecule has 1 fully saturated rings. The van der Waals surface area contributed by atoms with Gasteiger partial charge in [0.1, 0.15) is 6.54 Å². The largest absolute Gasteiger partial charge is 0.405 e. The maximum atomic E-state index is 12.1. The number of hydrogen-bond donors (Lipinski definition) is 1. The number of halogens is 3. The van der Waals surface area contributed by atoms with Crippen LogP contribution in [0.2, 0.25) is 0 Å². The Hall–Kier alpha value is -0.820. The Kier molecular flexibility index (Phi) is 5.43. The molecule has 0 bridgehead atoms. The molecule has 0 aromatic carbocycles. The summed E-state index contributed by atoms with van der Waals surface area (Å²) in [5.41, 5.74) is -0.0686. The maximum absolute atomic E-state index is 12.1. The van der Waals surface area contributed by atoms with Crippen molar-refractivity contribution in [3.63, 3.8) is 0 Å². The molecule has 118 valence electrons. The molecule has 0 aromatic rings. The molecule has 0 radical (unpaired) electrons. The zero-order valence-electron chi connectivity index (χ0n) is 12.4. The molecule has 20 heavy (non-hydrogen) atoms. The number of hydrogen-bond acceptors (Lipinski definition) is 3. The van der Waals surface area contributed by atoms with Gasteiger partial charge in [0.15, 0.2) is 0 Å². The van der Waals surface area contributed by atoms with E-state index in [0.717, 1.165) is 0 Å². The summed E-state index contributed by atoms with van der Waals surface area (Å²) in [6, 6.07) is -0.592. The standard InChI is InChI=1S/C13H23F3N2O2/c1-9(11(19)17-8-13(14,15)16)18-5-6-20-10(7-18)12(2,3)4/h9-10H,5-8H2,1-4H3,(H,17,19)/t9-,10+/m0/s1. The van der Waals surface area contributed by atoms with Crippen molar-refractivity contribution in [3.05, 3.63) is 0 Å². The Morgan fingerprint density at radius 3 is 2.50 bits per heavy atom. The first-order chi connectivity index (χ1) is 9.00. The van der Waals surface area contributed by atoms with Crippen LogP contribution in [0.25, 0.3) is 0 Å². The van der Waals surface area contributed by atoms with Crippen molar-refractivity contribution in [1.29, 1.82) is 0 Å². The fourth-order valence-corrected chi connectivity index (χ4v) is 2.05. The van der Waals surface area contributed by atoms with Crippen molar-refractivity contribution in [3.8, 4) is 0 Å². The van der Waals surface area contributed by atoms with E-state index in [2.05, 4.69) is 0 Å². The predicted molar refractivity (Wildman–Crippen MR) is 69.3 cm³/mol. The van der Waals surface area contributed by atoms with Crippen LogP contribution in [0.15, 0.2) is 0 Å². The van der Waals surface area contributed by atoms with Crippen LogP contribution in [-0.4, -0.2) is 55.4 Å². The van der Waals surface area contributed by atoms with E-state index in [9.17, 15) is 18.0 Å². The number of carbonyl (C=O) groups excluding carboxylic acids is 1. The van der Waals surface area contributed by atoms with Gasteiger partial charge in [-0.3, -0.25) is 9.69 Å². The summed E-state index contributed by atoms with van der Waals surface area (Å²) < 4.78 is 41.9. The van der Waals surface area contributed by atoms with Crippen LogP contribution in [0.4, 0.5) is 13.2 Å². The highest BCUT2D eigenvalue weighted by atomic mass is 19.4. The van der Waals surface area contributed by atoms with Crippen LogP contribution < -0.4 is 5.32 Å². The molecule has 7 heteroatoms. The summed E-state index contributed by atoms with van der Waals surface area (Å²) in [6.07, 6.45) is -4.41. The maximum Gasteiger partial charge on any atom is 0.405 e. The van der Waals surface area contributed by atoms with Crippen molar-refractivity contribution in [1.82, 2.24) is 10.2 Å². The summed E-state index contributed by atoms with van der Waals surface area (Å²) in [6.45, 7) is 8.02. The smallest absolute Gasteiger partial charge is 0.375 e. The van der Waals surface area contributed by atoms with Gasteiger partial charge in [-0.25, -0.2) is 0 Å². The third-order valence-electron chi connectivity index (χ3n) is 3.45. The lowest BCUT2D eigenvalue weighted by molar-refractivity contribution is -0.144. The molecule has 4 nitrogen and oxygen atoms in total. The highest BCUT2D eigenvalue weighted by Gasteiger charge is 2.35. The molecular formula is C13H23F3N2O2. The fourth-order valence-electron chi connectivity index (χ4n) is 2.05. The van der Waals surface area contributed by atoms with Crippen LogP contribution in [0.1, 0.15) is 27.7 Å². The van der Waals surface area contributed by atoms with E-state index in [1.165, 1.54) is 0 Å². The number of morpholine rings is 1. The Balaban J connectivity index is 2.54. The van der Waals surface area contributed by atoms with Gasteiger partial charge in [0, 0.05) is 13.1 Å². The van der Waals surface area contributed by atoms with Crippen molar-refractivity contribution in [2.45, 2.75) is 46.0 Å². The second kappa shape index (κ2) is 6.30. The van der Waals surface area contributed by atoms with Gasteiger partial charge >= 0.3 is 6.18 Å². The fraction of sp³-hybridized carbons (Fsp3) is 0.923. The lowest BCUT2D eigenvalue weighted by atomic mass is 9.88. The predicted octanol–water partition coefficient (Wildman–Crippen LogP) is 1.80. The highest BCUT2D eigenvalue weighted by Crippen LogP contribution is 2.26. The number of alkyl halides is 3.